The van der Waals surface area contributed by atoms with Gasteiger partial charge in [0.05, 0.1) is 0 Å². The number of rotatable bonds is 2. The first-order valence-corrected chi connectivity index (χ1v) is 7.61. The van der Waals surface area contributed by atoms with Crippen molar-refractivity contribution >= 4 is 21.4 Å². The summed E-state index contributed by atoms with van der Waals surface area (Å²) in [5.74, 6) is 0. The maximum atomic E-state index is 12.3. The predicted molar refractivity (Wildman–Crippen MR) is 66.2 cm³/mol. The normalized spacial score (nSPS) is 20.3. The maximum absolute atomic E-state index is 12.3. The van der Waals surface area contributed by atoms with Crippen LogP contribution in [0.25, 0.3) is 0 Å². The largest absolute Gasteiger partial charge is 0.252 e. The van der Waals surface area contributed by atoms with E-state index in [0.717, 1.165) is 17.8 Å². The van der Waals surface area contributed by atoms with E-state index in [2.05, 4.69) is 13.8 Å². The third kappa shape index (κ3) is 2.37. The van der Waals surface area contributed by atoms with E-state index in [4.69, 9.17) is 5.26 Å². The summed E-state index contributed by atoms with van der Waals surface area (Å²) in [6.45, 7) is 5.25. The summed E-state index contributed by atoms with van der Waals surface area (Å²) in [7, 11) is -3.40. The van der Waals surface area contributed by atoms with Crippen LogP contribution >= 0.6 is 11.3 Å². The van der Waals surface area contributed by atoms with Gasteiger partial charge in [-0.25, -0.2) is 8.42 Å². The number of nitrogens with zero attached hydrogens (tertiary/aromatic N) is 2. The Labute approximate surface area is 106 Å². The Morgan fingerprint density at radius 2 is 2.18 bits per heavy atom. The lowest BCUT2D eigenvalue weighted by Gasteiger charge is -2.18. The first-order chi connectivity index (χ1) is 7.85. The van der Waals surface area contributed by atoms with E-state index >= 15 is 0 Å². The Bertz CT molecular complexity index is 567. The third-order valence-electron chi connectivity index (χ3n) is 2.93. The zero-order valence-electron chi connectivity index (χ0n) is 9.80. The second-order valence-electron chi connectivity index (χ2n) is 4.98. The molecule has 0 radical (unpaired) electrons. The van der Waals surface area contributed by atoms with Crippen molar-refractivity contribution in [1.29, 1.82) is 5.26 Å². The van der Waals surface area contributed by atoms with Gasteiger partial charge in [0, 0.05) is 13.1 Å². The van der Waals surface area contributed by atoms with Gasteiger partial charge in [0.25, 0.3) is 10.0 Å². The first-order valence-electron chi connectivity index (χ1n) is 5.35. The van der Waals surface area contributed by atoms with E-state index < -0.39 is 10.0 Å². The van der Waals surface area contributed by atoms with Crippen molar-refractivity contribution in [3.63, 3.8) is 0 Å². The minimum Gasteiger partial charge on any atom is -0.206 e. The monoisotopic (exact) mass is 270 g/mol. The fourth-order valence-corrected chi connectivity index (χ4v) is 4.80. The Balaban J connectivity index is 2.29. The molecule has 0 N–H and O–H groups in total. The lowest BCUT2D eigenvalue weighted by atomic mass is 9.93. The fourth-order valence-electron chi connectivity index (χ4n) is 1.91. The van der Waals surface area contributed by atoms with Gasteiger partial charge in [0.15, 0.2) is 0 Å². The molecule has 2 heterocycles. The molecule has 0 saturated carbocycles. The van der Waals surface area contributed by atoms with Crippen molar-refractivity contribution in [1.82, 2.24) is 4.31 Å². The molecule has 1 fully saturated rings. The van der Waals surface area contributed by atoms with Gasteiger partial charge in [-0.1, -0.05) is 13.8 Å². The van der Waals surface area contributed by atoms with Crippen molar-refractivity contribution < 1.29 is 8.42 Å². The summed E-state index contributed by atoms with van der Waals surface area (Å²) in [6.07, 6.45) is 0.878. The van der Waals surface area contributed by atoms with Crippen LogP contribution in [0, 0.1) is 16.7 Å². The number of hydrogen-bond acceptors (Lipinski definition) is 4. The van der Waals surface area contributed by atoms with E-state index in [1.807, 2.05) is 6.07 Å². The number of sulfonamides is 1. The fraction of sp³-hybridized carbons (Fsp3) is 0.545. The van der Waals surface area contributed by atoms with E-state index in [9.17, 15) is 8.42 Å². The molecule has 0 aromatic carbocycles. The van der Waals surface area contributed by atoms with E-state index in [1.54, 1.807) is 6.07 Å². The summed E-state index contributed by atoms with van der Waals surface area (Å²) in [5.41, 5.74) is 0.0440. The topological polar surface area (TPSA) is 61.2 Å². The Morgan fingerprint density at radius 3 is 2.65 bits per heavy atom. The molecule has 2 rings (SSSR count). The minimum atomic E-state index is -3.40. The van der Waals surface area contributed by atoms with Crippen molar-refractivity contribution in [2.75, 3.05) is 13.1 Å². The van der Waals surface area contributed by atoms with Crippen molar-refractivity contribution in [2.45, 2.75) is 24.5 Å². The molecule has 4 nitrogen and oxygen atoms in total. The van der Waals surface area contributed by atoms with Crippen molar-refractivity contribution in [3.8, 4) is 6.07 Å². The molecule has 0 bridgehead atoms. The molecule has 1 aromatic heterocycles. The molecule has 1 aliphatic heterocycles. The van der Waals surface area contributed by atoms with Crippen molar-refractivity contribution in [2.24, 2.45) is 5.41 Å². The van der Waals surface area contributed by atoms with E-state index in [-0.39, 0.29) is 9.62 Å². The molecular formula is C11H14N2O2S2. The number of hydrogen-bond donors (Lipinski definition) is 0. The van der Waals surface area contributed by atoms with Crippen LogP contribution in [0.1, 0.15) is 25.1 Å². The average Bonchev–Trinajstić information content (AvgIpc) is 2.84. The second kappa shape index (κ2) is 4.09. The lowest BCUT2D eigenvalue weighted by molar-refractivity contribution is 0.376. The zero-order valence-corrected chi connectivity index (χ0v) is 11.4. The van der Waals surface area contributed by atoms with E-state index in [0.29, 0.717) is 18.0 Å². The molecule has 0 spiro atoms. The molecule has 1 aliphatic rings. The SMILES string of the molecule is CC1(C)CCN(S(=O)(=O)c2ccc(C#N)s2)C1. The van der Waals surface area contributed by atoms with Gasteiger partial charge in [-0.15, -0.1) is 11.3 Å². The molecule has 17 heavy (non-hydrogen) atoms. The predicted octanol–water partition coefficient (Wildman–Crippen LogP) is 2.04. The lowest BCUT2D eigenvalue weighted by Crippen LogP contribution is -2.29. The van der Waals surface area contributed by atoms with Gasteiger partial charge in [-0.2, -0.15) is 9.57 Å². The summed E-state index contributed by atoms with van der Waals surface area (Å²) in [4.78, 5) is 0.432. The van der Waals surface area contributed by atoms with Gasteiger partial charge >= 0.3 is 0 Å². The zero-order chi connectivity index (χ0) is 12.7. The van der Waals surface area contributed by atoms with Crippen LogP contribution in [0.2, 0.25) is 0 Å². The van der Waals surface area contributed by atoms with Crippen LogP contribution in [0.4, 0.5) is 0 Å². The van der Waals surface area contributed by atoms with Crippen LogP contribution < -0.4 is 0 Å². The van der Waals surface area contributed by atoms with Gasteiger partial charge in [-0.05, 0) is 24.0 Å². The molecule has 1 aromatic rings. The number of thiophene rings is 1. The van der Waals surface area contributed by atoms with Crippen LogP contribution in [0.5, 0.6) is 0 Å². The molecule has 0 amide bonds. The van der Waals surface area contributed by atoms with Gasteiger partial charge in [0.2, 0.25) is 0 Å². The third-order valence-corrected chi connectivity index (χ3v) is 6.23. The van der Waals surface area contributed by atoms with Crippen molar-refractivity contribution in [3.05, 3.63) is 17.0 Å². The Hall–Kier alpha value is -0.900. The van der Waals surface area contributed by atoms with E-state index in [1.165, 1.54) is 10.4 Å². The quantitative estimate of drug-likeness (QED) is 0.826. The molecule has 0 atom stereocenters. The molecule has 0 unspecified atom stereocenters. The number of nitriles is 1. The molecule has 6 heteroatoms. The summed E-state index contributed by atoms with van der Waals surface area (Å²) >= 11 is 1.04. The Morgan fingerprint density at radius 1 is 1.47 bits per heavy atom. The molecule has 1 saturated heterocycles. The highest BCUT2D eigenvalue weighted by Gasteiger charge is 2.37. The smallest absolute Gasteiger partial charge is 0.206 e. The van der Waals surface area contributed by atoms with Crippen LogP contribution in [0.15, 0.2) is 16.3 Å². The molecular weight excluding hydrogens is 256 g/mol. The highest BCUT2D eigenvalue weighted by Crippen LogP contribution is 2.34. The highest BCUT2D eigenvalue weighted by atomic mass is 32.2. The van der Waals surface area contributed by atoms with Crippen LogP contribution in [0.3, 0.4) is 0 Å². The van der Waals surface area contributed by atoms with Gasteiger partial charge in [0.1, 0.15) is 15.2 Å². The summed E-state index contributed by atoms with van der Waals surface area (Å²) < 4.78 is 26.3. The average molecular weight is 270 g/mol. The van der Waals surface area contributed by atoms with Gasteiger partial charge in [-0.3, -0.25) is 0 Å². The van der Waals surface area contributed by atoms with Crippen LogP contribution in [-0.2, 0) is 10.0 Å². The van der Waals surface area contributed by atoms with Crippen LogP contribution in [-0.4, -0.2) is 25.8 Å². The maximum Gasteiger partial charge on any atom is 0.252 e. The highest BCUT2D eigenvalue weighted by molar-refractivity contribution is 7.91. The Kier molecular flexibility index (Phi) is 3.02. The summed E-state index contributed by atoms with van der Waals surface area (Å²) in [6, 6.07) is 5.03. The molecule has 92 valence electrons. The standard InChI is InChI=1S/C11H14N2O2S2/c1-11(2)5-6-13(8-11)17(14,15)10-4-3-9(7-12)16-10/h3-4H,5-6,8H2,1-2H3. The van der Waals surface area contributed by atoms with Gasteiger partial charge < -0.3 is 0 Å². The first kappa shape index (κ1) is 12.6. The minimum absolute atomic E-state index is 0.0440. The second-order valence-corrected chi connectivity index (χ2v) is 8.23. The summed E-state index contributed by atoms with van der Waals surface area (Å²) in [5, 5.41) is 8.72. The molecule has 0 aliphatic carbocycles.